The third-order valence-electron chi connectivity index (χ3n) is 3.46. The minimum atomic E-state index is -0.183. The SMILES string of the molecule is CCC(NC(C)c1cccc(Br)c1)c1cccc(F)c1. The molecule has 106 valence electrons. The van der Waals surface area contributed by atoms with Gasteiger partial charge in [-0.3, -0.25) is 0 Å². The Hall–Kier alpha value is -1.19. The van der Waals surface area contributed by atoms with Crippen molar-refractivity contribution in [1.82, 2.24) is 5.32 Å². The van der Waals surface area contributed by atoms with Gasteiger partial charge in [-0.05, 0) is 48.7 Å². The van der Waals surface area contributed by atoms with Gasteiger partial charge in [-0.1, -0.05) is 47.1 Å². The van der Waals surface area contributed by atoms with Crippen LogP contribution in [0.5, 0.6) is 0 Å². The van der Waals surface area contributed by atoms with Gasteiger partial charge in [-0.2, -0.15) is 0 Å². The molecule has 0 spiro atoms. The zero-order chi connectivity index (χ0) is 14.5. The Bertz CT molecular complexity index is 570. The smallest absolute Gasteiger partial charge is 0.123 e. The van der Waals surface area contributed by atoms with E-state index in [0.29, 0.717) is 0 Å². The molecule has 0 fully saturated rings. The second-order valence-corrected chi connectivity index (χ2v) is 5.87. The van der Waals surface area contributed by atoms with Crippen molar-refractivity contribution < 1.29 is 4.39 Å². The lowest BCUT2D eigenvalue weighted by Crippen LogP contribution is -2.24. The summed E-state index contributed by atoms with van der Waals surface area (Å²) in [6.45, 7) is 4.24. The van der Waals surface area contributed by atoms with Crippen LogP contribution in [0.1, 0.15) is 43.5 Å². The summed E-state index contributed by atoms with van der Waals surface area (Å²) in [5.41, 5.74) is 2.21. The molecular weight excluding hydrogens is 317 g/mol. The van der Waals surface area contributed by atoms with Crippen molar-refractivity contribution in [3.05, 3.63) is 69.9 Å². The first-order chi connectivity index (χ1) is 9.60. The number of nitrogens with one attached hydrogen (secondary N) is 1. The summed E-state index contributed by atoms with van der Waals surface area (Å²) in [6, 6.07) is 15.4. The van der Waals surface area contributed by atoms with Gasteiger partial charge >= 0.3 is 0 Å². The normalized spacial score (nSPS) is 14.0. The zero-order valence-corrected chi connectivity index (χ0v) is 13.3. The molecule has 2 atom stereocenters. The highest BCUT2D eigenvalue weighted by Gasteiger charge is 2.14. The van der Waals surface area contributed by atoms with Crippen molar-refractivity contribution in [1.29, 1.82) is 0 Å². The maximum atomic E-state index is 13.3. The number of benzene rings is 2. The van der Waals surface area contributed by atoms with Gasteiger partial charge < -0.3 is 5.32 Å². The largest absolute Gasteiger partial charge is 0.303 e. The van der Waals surface area contributed by atoms with Gasteiger partial charge in [0, 0.05) is 16.6 Å². The van der Waals surface area contributed by atoms with Crippen molar-refractivity contribution in [2.75, 3.05) is 0 Å². The number of hydrogen-bond acceptors (Lipinski definition) is 1. The molecule has 1 N–H and O–H groups in total. The van der Waals surface area contributed by atoms with Crippen molar-refractivity contribution >= 4 is 15.9 Å². The molecule has 3 heteroatoms. The van der Waals surface area contributed by atoms with E-state index < -0.39 is 0 Å². The van der Waals surface area contributed by atoms with Crippen LogP contribution in [0.2, 0.25) is 0 Å². The minimum Gasteiger partial charge on any atom is -0.303 e. The summed E-state index contributed by atoms with van der Waals surface area (Å²) in [7, 11) is 0. The monoisotopic (exact) mass is 335 g/mol. The van der Waals surface area contributed by atoms with Crippen LogP contribution in [-0.2, 0) is 0 Å². The summed E-state index contributed by atoms with van der Waals surface area (Å²) in [5, 5.41) is 3.57. The molecule has 0 saturated heterocycles. The van der Waals surface area contributed by atoms with E-state index in [4.69, 9.17) is 0 Å². The molecule has 20 heavy (non-hydrogen) atoms. The van der Waals surface area contributed by atoms with E-state index in [9.17, 15) is 4.39 Å². The third kappa shape index (κ3) is 3.90. The van der Waals surface area contributed by atoms with Crippen molar-refractivity contribution in [3.8, 4) is 0 Å². The molecule has 0 aliphatic heterocycles. The maximum Gasteiger partial charge on any atom is 0.123 e. The van der Waals surface area contributed by atoms with Crippen LogP contribution >= 0.6 is 15.9 Å². The molecule has 0 saturated carbocycles. The van der Waals surface area contributed by atoms with Gasteiger partial charge in [0.2, 0.25) is 0 Å². The van der Waals surface area contributed by atoms with E-state index in [1.54, 1.807) is 12.1 Å². The molecule has 0 bridgehead atoms. The van der Waals surface area contributed by atoms with Gasteiger partial charge in [0.15, 0.2) is 0 Å². The lowest BCUT2D eigenvalue weighted by Gasteiger charge is -2.23. The van der Waals surface area contributed by atoms with Crippen molar-refractivity contribution in [2.24, 2.45) is 0 Å². The van der Waals surface area contributed by atoms with E-state index in [1.165, 1.54) is 11.6 Å². The first-order valence-corrected chi connectivity index (χ1v) is 7.66. The Morgan fingerprint density at radius 1 is 1.10 bits per heavy atom. The van der Waals surface area contributed by atoms with Gasteiger partial charge in [0.25, 0.3) is 0 Å². The summed E-state index contributed by atoms with van der Waals surface area (Å²) < 4.78 is 14.4. The highest BCUT2D eigenvalue weighted by Crippen LogP contribution is 2.24. The second kappa shape index (κ2) is 7.00. The fourth-order valence-corrected chi connectivity index (χ4v) is 2.76. The lowest BCUT2D eigenvalue weighted by molar-refractivity contribution is 0.454. The average molecular weight is 336 g/mol. The van der Waals surface area contributed by atoms with Crippen molar-refractivity contribution in [2.45, 2.75) is 32.4 Å². The average Bonchev–Trinajstić information content (AvgIpc) is 2.44. The van der Waals surface area contributed by atoms with Crippen LogP contribution in [-0.4, -0.2) is 0 Å². The van der Waals surface area contributed by atoms with Crippen LogP contribution in [0, 0.1) is 5.82 Å². The molecule has 2 aromatic rings. The van der Waals surface area contributed by atoms with Crippen LogP contribution in [0.4, 0.5) is 4.39 Å². The first kappa shape index (κ1) is 15.2. The molecule has 1 nitrogen and oxygen atoms in total. The molecule has 0 amide bonds. The maximum absolute atomic E-state index is 13.3. The topological polar surface area (TPSA) is 12.0 Å². The fraction of sp³-hybridized carbons (Fsp3) is 0.294. The van der Waals surface area contributed by atoms with Crippen LogP contribution in [0.15, 0.2) is 53.0 Å². The molecule has 0 radical (unpaired) electrons. The van der Waals surface area contributed by atoms with Gasteiger partial charge in [0.05, 0.1) is 0 Å². The Labute approximate surface area is 128 Å². The van der Waals surface area contributed by atoms with E-state index in [2.05, 4.69) is 47.2 Å². The van der Waals surface area contributed by atoms with Crippen LogP contribution < -0.4 is 5.32 Å². The Kier molecular flexibility index (Phi) is 5.32. The Morgan fingerprint density at radius 3 is 2.45 bits per heavy atom. The predicted molar refractivity (Wildman–Crippen MR) is 85.1 cm³/mol. The van der Waals surface area contributed by atoms with Gasteiger partial charge in [-0.15, -0.1) is 0 Å². The van der Waals surface area contributed by atoms with Crippen molar-refractivity contribution in [3.63, 3.8) is 0 Å². The van der Waals surface area contributed by atoms with Crippen LogP contribution in [0.3, 0.4) is 0 Å². The zero-order valence-electron chi connectivity index (χ0n) is 11.7. The van der Waals surface area contributed by atoms with Gasteiger partial charge in [0.1, 0.15) is 5.82 Å². The number of rotatable bonds is 5. The molecule has 0 aliphatic rings. The third-order valence-corrected chi connectivity index (χ3v) is 3.95. The molecule has 2 rings (SSSR count). The Morgan fingerprint density at radius 2 is 1.80 bits per heavy atom. The first-order valence-electron chi connectivity index (χ1n) is 6.87. The molecule has 0 heterocycles. The number of halogens is 2. The standard InChI is InChI=1S/C17H19BrFN/c1-3-17(14-7-5-9-16(19)11-14)20-12(2)13-6-4-8-15(18)10-13/h4-12,17,20H,3H2,1-2H3. The summed E-state index contributed by atoms with van der Waals surface area (Å²) in [5.74, 6) is -0.183. The van der Waals surface area contributed by atoms with Gasteiger partial charge in [-0.25, -0.2) is 4.39 Å². The second-order valence-electron chi connectivity index (χ2n) is 4.96. The highest BCUT2D eigenvalue weighted by atomic mass is 79.9. The highest BCUT2D eigenvalue weighted by molar-refractivity contribution is 9.10. The molecule has 0 aliphatic carbocycles. The Balaban J connectivity index is 2.14. The lowest BCUT2D eigenvalue weighted by atomic mass is 10.0. The predicted octanol–water partition coefficient (Wildman–Crippen LogP) is 5.39. The minimum absolute atomic E-state index is 0.152. The molecule has 2 unspecified atom stereocenters. The molecule has 2 aromatic carbocycles. The quantitative estimate of drug-likeness (QED) is 0.772. The summed E-state index contributed by atoms with van der Waals surface area (Å²) >= 11 is 3.49. The molecular formula is C17H19BrFN. The summed E-state index contributed by atoms with van der Waals surface area (Å²) in [4.78, 5) is 0. The van der Waals surface area contributed by atoms with E-state index in [-0.39, 0.29) is 17.9 Å². The van der Waals surface area contributed by atoms with E-state index in [0.717, 1.165) is 16.5 Å². The van der Waals surface area contributed by atoms with Crippen LogP contribution in [0.25, 0.3) is 0 Å². The number of hydrogen-bond donors (Lipinski definition) is 1. The molecule has 0 aromatic heterocycles. The van der Waals surface area contributed by atoms with E-state index in [1.807, 2.05) is 18.2 Å². The summed E-state index contributed by atoms with van der Waals surface area (Å²) in [6.07, 6.45) is 0.918. The fourth-order valence-electron chi connectivity index (χ4n) is 2.35. The van der Waals surface area contributed by atoms with E-state index >= 15 is 0 Å².